The van der Waals surface area contributed by atoms with Gasteiger partial charge in [-0.25, -0.2) is 4.39 Å². The molecule has 2 rings (SSSR count). The molecule has 134 valence electrons. The summed E-state index contributed by atoms with van der Waals surface area (Å²) < 4.78 is 18.2. The van der Waals surface area contributed by atoms with E-state index >= 15 is 0 Å². The quantitative estimate of drug-likeness (QED) is 0.479. The SMILES string of the molecule is NCCOc1ccc(CC(=O)NCCCc2ccc(F)cc2)cc1N. The maximum Gasteiger partial charge on any atom is 0.224 e. The number of nitrogen functional groups attached to an aromatic ring is 1. The fourth-order valence-electron chi connectivity index (χ4n) is 2.43. The van der Waals surface area contributed by atoms with Gasteiger partial charge in [-0.3, -0.25) is 4.79 Å². The van der Waals surface area contributed by atoms with E-state index in [1.54, 1.807) is 24.3 Å². The third-order valence-electron chi connectivity index (χ3n) is 3.69. The maximum absolute atomic E-state index is 12.8. The van der Waals surface area contributed by atoms with Gasteiger partial charge < -0.3 is 21.5 Å². The number of halogens is 1. The smallest absolute Gasteiger partial charge is 0.224 e. The molecule has 0 spiro atoms. The van der Waals surface area contributed by atoms with Crippen LogP contribution >= 0.6 is 0 Å². The molecule has 5 N–H and O–H groups in total. The van der Waals surface area contributed by atoms with E-state index in [4.69, 9.17) is 16.2 Å². The van der Waals surface area contributed by atoms with Gasteiger partial charge in [0.25, 0.3) is 0 Å². The Bertz CT molecular complexity index is 690. The Morgan fingerprint density at radius 1 is 1.12 bits per heavy atom. The van der Waals surface area contributed by atoms with Crippen LogP contribution in [0.1, 0.15) is 17.5 Å². The Labute approximate surface area is 147 Å². The van der Waals surface area contributed by atoms with E-state index < -0.39 is 0 Å². The molecule has 2 aromatic rings. The van der Waals surface area contributed by atoms with Crippen LogP contribution in [0.4, 0.5) is 10.1 Å². The van der Waals surface area contributed by atoms with Crippen molar-refractivity contribution < 1.29 is 13.9 Å². The maximum atomic E-state index is 12.8. The number of carbonyl (C=O) groups excluding carboxylic acids is 1. The third-order valence-corrected chi connectivity index (χ3v) is 3.69. The molecule has 2 aromatic carbocycles. The number of rotatable bonds is 9. The first-order valence-corrected chi connectivity index (χ1v) is 8.31. The van der Waals surface area contributed by atoms with Gasteiger partial charge in [-0.1, -0.05) is 18.2 Å². The first-order valence-electron chi connectivity index (χ1n) is 8.31. The molecule has 1 amide bonds. The molecule has 0 aliphatic heterocycles. The van der Waals surface area contributed by atoms with E-state index in [0.29, 0.717) is 31.1 Å². The molecule has 5 nitrogen and oxygen atoms in total. The van der Waals surface area contributed by atoms with E-state index in [0.717, 1.165) is 24.0 Å². The van der Waals surface area contributed by atoms with Gasteiger partial charge in [0.15, 0.2) is 0 Å². The highest BCUT2D eigenvalue weighted by atomic mass is 19.1. The molecular formula is C19H24FN3O2. The van der Waals surface area contributed by atoms with Gasteiger partial charge in [0, 0.05) is 13.1 Å². The Balaban J connectivity index is 1.72. The van der Waals surface area contributed by atoms with Crippen molar-refractivity contribution in [2.75, 3.05) is 25.4 Å². The van der Waals surface area contributed by atoms with Crippen LogP contribution in [-0.4, -0.2) is 25.6 Å². The summed E-state index contributed by atoms with van der Waals surface area (Å²) in [5.41, 5.74) is 13.7. The average molecular weight is 345 g/mol. The minimum atomic E-state index is -0.240. The summed E-state index contributed by atoms with van der Waals surface area (Å²) in [6.07, 6.45) is 1.85. The van der Waals surface area contributed by atoms with Gasteiger partial charge in [-0.2, -0.15) is 0 Å². The number of aryl methyl sites for hydroxylation is 1. The van der Waals surface area contributed by atoms with Crippen LogP contribution in [-0.2, 0) is 17.6 Å². The van der Waals surface area contributed by atoms with Crippen LogP contribution < -0.4 is 21.5 Å². The number of amides is 1. The number of hydrogen-bond donors (Lipinski definition) is 3. The van der Waals surface area contributed by atoms with Crippen LogP contribution in [0.3, 0.4) is 0 Å². The average Bonchev–Trinajstić information content (AvgIpc) is 2.59. The largest absolute Gasteiger partial charge is 0.490 e. The monoisotopic (exact) mass is 345 g/mol. The topological polar surface area (TPSA) is 90.4 Å². The molecular weight excluding hydrogens is 321 g/mol. The summed E-state index contributed by atoms with van der Waals surface area (Å²) in [4.78, 5) is 12.0. The molecule has 0 unspecified atom stereocenters. The predicted octanol–water partition coefficient (Wildman–Crippen LogP) is 2.04. The lowest BCUT2D eigenvalue weighted by molar-refractivity contribution is -0.120. The van der Waals surface area contributed by atoms with E-state index in [1.807, 2.05) is 6.07 Å². The lowest BCUT2D eigenvalue weighted by Gasteiger charge is -2.10. The molecule has 25 heavy (non-hydrogen) atoms. The van der Waals surface area contributed by atoms with Crippen LogP contribution in [0.15, 0.2) is 42.5 Å². The number of ether oxygens (including phenoxy) is 1. The molecule has 0 saturated carbocycles. The number of benzene rings is 2. The van der Waals surface area contributed by atoms with Crippen molar-refractivity contribution in [3.8, 4) is 5.75 Å². The first kappa shape index (κ1) is 18.7. The van der Waals surface area contributed by atoms with Gasteiger partial charge in [0.05, 0.1) is 12.1 Å². The molecule has 0 bridgehead atoms. The van der Waals surface area contributed by atoms with Crippen molar-refractivity contribution in [1.29, 1.82) is 0 Å². The summed E-state index contributed by atoms with van der Waals surface area (Å²) in [5, 5.41) is 2.88. The zero-order chi connectivity index (χ0) is 18.1. The van der Waals surface area contributed by atoms with Crippen molar-refractivity contribution in [1.82, 2.24) is 5.32 Å². The van der Waals surface area contributed by atoms with E-state index in [2.05, 4.69) is 5.32 Å². The van der Waals surface area contributed by atoms with Gasteiger partial charge in [-0.15, -0.1) is 0 Å². The van der Waals surface area contributed by atoms with E-state index in [-0.39, 0.29) is 18.1 Å². The van der Waals surface area contributed by atoms with Crippen molar-refractivity contribution in [3.05, 3.63) is 59.4 Å². The molecule has 6 heteroatoms. The zero-order valence-electron chi connectivity index (χ0n) is 14.1. The van der Waals surface area contributed by atoms with Gasteiger partial charge >= 0.3 is 0 Å². The van der Waals surface area contributed by atoms with Crippen molar-refractivity contribution in [2.45, 2.75) is 19.3 Å². The number of hydrogen-bond acceptors (Lipinski definition) is 4. The fourth-order valence-corrected chi connectivity index (χ4v) is 2.43. The molecule has 0 fully saturated rings. The molecule has 0 heterocycles. The summed E-state index contributed by atoms with van der Waals surface area (Å²) >= 11 is 0. The third kappa shape index (κ3) is 6.43. The number of anilines is 1. The van der Waals surface area contributed by atoms with E-state index in [1.165, 1.54) is 12.1 Å². The fraction of sp³-hybridized carbons (Fsp3) is 0.316. The molecule has 0 radical (unpaired) electrons. The molecule has 0 aromatic heterocycles. The van der Waals surface area contributed by atoms with Gasteiger partial charge in [0.1, 0.15) is 18.2 Å². The minimum Gasteiger partial charge on any atom is -0.490 e. The molecule has 0 aliphatic carbocycles. The lowest BCUT2D eigenvalue weighted by atomic mass is 10.1. The number of carbonyl (C=O) groups is 1. The standard InChI is InChI=1S/C19H24FN3O2/c20-16-6-3-14(4-7-16)2-1-10-23-19(24)13-15-5-8-18(17(22)12-15)25-11-9-21/h3-8,12H,1-2,9-11,13,21-22H2,(H,23,24). The summed E-state index contributed by atoms with van der Waals surface area (Å²) in [7, 11) is 0. The van der Waals surface area contributed by atoms with Crippen LogP contribution in [0, 0.1) is 5.82 Å². The zero-order valence-corrected chi connectivity index (χ0v) is 14.1. The second-order valence-corrected chi connectivity index (χ2v) is 5.77. The highest BCUT2D eigenvalue weighted by molar-refractivity contribution is 5.79. The Kier molecular flexibility index (Phi) is 7.22. The molecule has 0 atom stereocenters. The van der Waals surface area contributed by atoms with Gasteiger partial charge in [0.2, 0.25) is 5.91 Å². The number of nitrogens with two attached hydrogens (primary N) is 2. The molecule has 0 saturated heterocycles. The van der Waals surface area contributed by atoms with Crippen molar-refractivity contribution in [3.63, 3.8) is 0 Å². The summed E-state index contributed by atoms with van der Waals surface area (Å²) in [6.45, 7) is 1.39. The van der Waals surface area contributed by atoms with Gasteiger partial charge in [-0.05, 0) is 48.2 Å². The highest BCUT2D eigenvalue weighted by Gasteiger charge is 2.06. The lowest BCUT2D eigenvalue weighted by Crippen LogP contribution is -2.26. The van der Waals surface area contributed by atoms with Crippen LogP contribution in [0.5, 0.6) is 5.75 Å². The van der Waals surface area contributed by atoms with Crippen LogP contribution in [0.25, 0.3) is 0 Å². The normalized spacial score (nSPS) is 10.5. The van der Waals surface area contributed by atoms with Crippen molar-refractivity contribution in [2.24, 2.45) is 5.73 Å². The van der Waals surface area contributed by atoms with Crippen LogP contribution in [0.2, 0.25) is 0 Å². The van der Waals surface area contributed by atoms with Crippen molar-refractivity contribution >= 4 is 11.6 Å². The first-order chi connectivity index (χ1) is 12.1. The minimum absolute atomic E-state index is 0.0610. The Morgan fingerprint density at radius 3 is 2.52 bits per heavy atom. The number of nitrogens with one attached hydrogen (secondary N) is 1. The van der Waals surface area contributed by atoms with E-state index in [9.17, 15) is 9.18 Å². The second kappa shape index (κ2) is 9.64. The Hall–Kier alpha value is -2.60. The second-order valence-electron chi connectivity index (χ2n) is 5.77. The summed E-state index contributed by atoms with van der Waals surface area (Å²) in [5.74, 6) is 0.277. The Morgan fingerprint density at radius 2 is 1.84 bits per heavy atom. The predicted molar refractivity (Wildman–Crippen MR) is 96.8 cm³/mol. The highest BCUT2D eigenvalue weighted by Crippen LogP contribution is 2.22. The summed E-state index contributed by atoms with van der Waals surface area (Å²) in [6, 6.07) is 11.7. The molecule has 0 aliphatic rings.